The van der Waals surface area contributed by atoms with E-state index in [9.17, 15) is 0 Å². The van der Waals surface area contributed by atoms with Crippen LogP contribution in [0.4, 0.5) is 0 Å². The molecule has 1 aliphatic rings. The maximum atomic E-state index is 6.00. The molecule has 1 aromatic rings. The molecule has 128 valence electrons. The molecular weight excluding hydrogens is 284 g/mol. The lowest BCUT2D eigenvalue weighted by Gasteiger charge is -2.33. The van der Waals surface area contributed by atoms with E-state index in [1.165, 1.54) is 37.7 Å². The fourth-order valence-electron chi connectivity index (χ4n) is 3.37. The number of hydrogen-bond acceptors (Lipinski definition) is 2. The highest BCUT2D eigenvalue weighted by molar-refractivity contribution is 5.77. The maximum Gasteiger partial charge on any atom is 0.188 e. The van der Waals surface area contributed by atoms with E-state index in [1.807, 2.05) is 0 Å². The van der Waals surface area contributed by atoms with Crippen molar-refractivity contribution in [2.45, 2.75) is 64.0 Å². The summed E-state index contributed by atoms with van der Waals surface area (Å²) in [5.41, 5.74) is 7.42. The maximum absolute atomic E-state index is 6.00. The molecule has 1 aromatic carbocycles. The summed E-state index contributed by atoms with van der Waals surface area (Å²) in [5.74, 6) is 0.582. The monoisotopic (exact) mass is 316 g/mol. The van der Waals surface area contributed by atoms with E-state index in [1.54, 1.807) is 0 Å². The lowest BCUT2D eigenvalue weighted by molar-refractivity contribution is 0.307. The normalized spacial score (nSPS) is 18.8. The summed E-state index contributed by atoms with van der Waals surface area (Å²) in [6.07, 6.45) is 7.19. The quantitative estimate of drug-likeness (QED) is 0.391. The summed E-state index contributed by atoms with van der Waals surface area (Å²) in [7, 11) is 0. The Labute approximate surface area is 141 Å². The molecule has 0 spiro atoms. The molecular formula is C19H32N4. The molecule has 4 heteroatoms. The standard InChI is InChI=1S/C19H32N4/c1-3-4-14-21-18(20)22-15-19(12-8-9-13-19)23-16(2)17-10-6-5-7-11-17/h5-7,10-11,16,23H,3-4,8-9,12-15H2,1-2H3,(H3,20,21,22). The lowest BCUT2D eigenvalue weighted by Crippen LogP contribution is -2.47. The van der Waals surface area contributed by atoms with Crippen LogP contribution in [0, 0.1) is 0 Å². The predicted molar refractivity (Wildman–Crippen MR) is 98.6 cm³/mol. The van der Waals surface area contributed by atoms with Gasteiger partial charge in [0.15, 0.2) is 5.96 Å². The third kappa shape index (κ3) is 5.54. The van der Waals surface area contributed by atoms with E-state index in [4.69, 9.17) is 5.73 Å². The molecule has 0 aliphatic heterocycles. The van der Waals surface area contributed by atoms with Crippen LogP contribution in [0.25, 0.3) is 0 Å². The third-order valence-corrected chi connectivity index (χ3v) is 4.77. The molecule has 2 rings (SSSR count). The van der Waals surface area contributed by atoms with Crippen LogP contribution in [0.2, 0.25) is 0 Å². The Hall–Kier alpha value is -1.55. The Kier molecular flexibility index (Phi) is 6.90. The average molecular weight is 316 g/mol. The van der Waals surface area contributed by atoms with Gasteiger partial charge in [0.1, 0.15) is 0 Å². The third-order valence-electron chi connectivity index (χ3n) is 4.77. The minimum atomic E-state index is 0.0896. The van der Waals surface area contributed by atoms with Crippen molar-refractivity contribution in [3.63, 3.8) is 0 Å². The first-order valence-corrected chi connectivity index (χ1v) is 9.02. The van der Waals surface area contributed by atoms with Gasteiger partial charge < -0.3 is 16.4 Å². The molecule has 0 heterocycles. The van der Waals surface area contributed by atoms with Crippen molar-refractivity contribution in [2.24, 2.45) is 10.7 Å². The summed E-state index contributed by atoms with van der Waals surface area (Å²) in [6.45, 7) is 6.08. The number of unbranched alkanes of at least 4 members (excludes halogenated alkanes) is 1. The molecule has 0 radical (unpaired) electrons. The van der Waals surface area contributed by atoms with Gasteiger partial charge in [0.25, 0.3) is 0 Å². The second kappa shape index (κ2) is 8.92. The van der Waals surface area contributed by atoms with Crippen molar-refractivity contribution in [3.8, 4) is 0 Å². The van der Waals surface area contributed by atoms with Crippen LogP contribution in [0.15, 0.2) is 35.3 Å². The highest BCUT2D eigenvalue weighted by Crippen LogP contribution is 2.32. The number of aliphatic imine (C=N–C) groups is 1. The molecule has 0 amide bonds. The van der Waals surface area contributed by atoms with Crippen LogP contribution in [-0.2, 0) is 0 Å². The first-order chi connectivity index (χ1) is 11.2. The van der Waals surface area contributed by atoms with E-state index >= 15 is 0 Å². The summed E-state index contributed by atoms with van der Waals surface area (Å²) in [6, 6.07) is 11.0. The Bertz CT molecular complexity index is 477. The zero-order chi connectivity index (χ0) is 16.5. The van der Waals surface area contributed by atoms with Crippen molar-refractivity contribution in [1.82, 2.24) is 10.6 Å². The molecule has 4 N–H and O–H groups in total. The van der Waals surface area contributed by atoms with E-state index in [-0.39, 0.29) is 5.54 Å². The minimum absolute atomic E-state index is 0.0896. The molecule has 1 atom stereocenters. The van der Waals surface area contributed by atoms with Crippen molar-refractivity contribution < 1.29 is 0 Å². The van der Waals surface area contributed by atoms with Crippen LogP contribution in [0.1, 0.15) is 64.0 Å². The molecule has 1 fully saturated rings. The van der Waals surface area contributed by atoms with E-state index in [0.717, 1.165) is 19.5 Å². The molecule has 1 saturated carbocycles. The van der Waals surface area contributed by atoms with Gasteiger partial charge in [-0.1, -0.05) is 56.5 Å². The molecule has 23 heavy (non-hydrogen) atoms. The molecule has 0 bridgehead atoms. The van der Waals surface area contributed by atoms with E-state index < -0.39 is 0 Å². The minimum Gasteiger partial charge on any atom is -0.370 e. The van der Waals surface area contributed by atoms with Gasteiger partial charge in [-0.3, -0.25) is 4.99 Å². The van der Waals surface area contributed by atoms with Gasteiger partial charge in [-0.2, -0.15) is 0 Å². The predicted octanol–water partition coefficient (Wildman–Crippen LogP) is 3.35. The second-order valence-corrected chi connectivity index (χ2v) is 6.75. The van der Waals surface area contributed by atoms with E-state index in [0.29, 0.717) is 12.0 Å². The molecule has 0 saturated heterocycles. The SMILES string of the molecule is CCCCNC(N)=NCC1(NC(C)c2ccccc2)CCCC1. The Balaban J connectivity index is 1.95. The van der Waals surface area contributed by atoms with Gasteiger partial charge >= 0.3 is 0 Å². The molecule has 4 nitrogen and oxygen atoms in total. The number of rotatable bonds is 8. The Morgan fingerprint density at radius 3 is 2.61 bits per heavy atom. The number of nitrogens with zero attached hydrogens (tertiary/aromatic N) is 1. The average Bonchev–Trinajstić information content (AvgIpc) is 3.03. The van der Waals surface area contributed by atoms with Crippen molar-refractivity contribution in [2.75, 3.05) is 13.1 Å². The Morgan fingerprint density at radius 2 is 1.96 bits per heavy atom. The van der Waals surface area contributed by atoms with Crippen LogP contribution < -0.4 is 16.4 Å². The zero-order valence-electron chi connectivity index (χ0n) is 14.6. The van der Waals surface area contributed by atoms with Crippen LogP contribution in [0.3, 0.4) is 0 Å². The Morgan fingerprint density at radius 1 is 1.26 bits per heavy atom. The number of guanidine groups is 1. The van der Waals surface area contributed by atoms with Crippen molar-refractivity contribution in [3.05, 3.63) is 35.9 Å². The highest BCUT2D eigenvalue weighted by Gasteiger charge is 2.34. The fraction of sp³-hybridized carbons (Fsp3) is 0.632. The van der Waals surface area contributed by atoms with Crippen molar-refractivity contribution in [1.29, 1.82) is 0 Å². The van der Waals surface area contributed by atoms with Crippen molar-refractivity contribution >= 4 is 5.96 Å². The first kappa shape index (κ1) is 17.8. The van der Waals surface area contributed by atoms with Gasteiger partial charge in [0.2, 0.25) is 0 Å². The van der Waals surface area contributed by atoms with Crippen LogP contribution in [0.5, 0.6) is 0 Å². The summed E-state index contributed by atoms with van der Waals surface area (Å²) in [5, 5.41) is 7.05. The smallest absolute Gasteiger partial charge is 0.188 e. The topological polar surface area (TPSA) is 62.4 Å². The second-order valence-electron chi connectivity index (χ2n) is 6.75. The van der Waals surface area contributed by atoms with Crippen LogP contribution >= 0.6 is 0 Å². The lowest BCUT2D eigenvalue weighted by atomic mass is 9.95. The number of benzene rings is 1. The summed E-state index contributed by atoms with van der Waals surface area (Å²) in [4.78, 5) is 4.62. The molecule has 1 unspecified atom stereocenters. The fourth-order valence-corrected chi connectivity index (χ4v) is 3.37. The summed E-state index contributed by atoms with van der Waals surface area (Å²) < 4.78 is 0. The molecule has 1 aliphatic carbocycles. The van der Waals surface area contributed by atoms with Crippen LogP contribution in [-0.4, -0.2) is 24.6 Å². The number of hydrogen-bond donors (Lipinski definition) is 3. The summed E-state index contributed by atoms with van der Waals surface area (Å²) >= 11 is 0. The molecule has 0 aromatic heterocycles. The first-order valence-electron chi connectivity index (χ1n) is 9.02. The highest BCUT2D eigenvalue weighted by atomic mass is 15.1. The van der Waals surface area contributed by atoms with Gasteiger partial charge in [0.05, 0.1) is 6.54 Å². The van der Waals surface area contributed by atoms with Gasteiger partial charge in [-0.05, 0) is 31.7 Å². The van der Waals surface area contributed by atoms with Gasteiger partial charge in [-0.25, -0.2) is 0 Å². The largest absolute Gasteiger partial charge is 0.370 e. The number of nitrogens with one attached hydrogen (secondary N) is 2. The van der Waals surface area contributed by atoms with Gasteiger partial charge in [0, 0.05) is 18.1 Å². The zero-order valence-corrected chi connectivity index (χ0v) is 14.6. The van der Waals surface area contributed by atoms with E-state index in [2.05, 4.69) is 59.8 Å². The number of nitrogens with two attached hydrogens (primary N) is 1. The van der Waals surface area contributed by atoms with Gasteiger partial charge in [-0.15, -0.1) is 0 Å².